The van der Waals surface area contributed by atoms with E-state index < -0.39 is 12.1 Å². The highest BCUT2D eigenvalue weighted by molar-refractivity contribution is 5.86. The molecule has 0 aromatic carbocycles. The maximum Gasteiger partial charge on any atom is 0.410 e. The number of carbonyl (C=O) groups excluding carboxylic acids is 1. The average Bonchev–Trinajstić information content (AvgIpc) is 2.65. The van der Waals surface area contributed by atoms with Gasteiger partial charge in [0, 0.05) is 12.4 Å². The molecular formula is C9H9N3O4. The van der Waals surface area contributed by atoms with Crippen LogP contribution < -0.4 is 0 Å². The van der Waals surface area contributed by atoms with E-state index in [-0.39, 0.29) is 12.1 Å². The van der Waals surface area contributed by atoms with Gasteiger partial charge in [0.25, 0.3) is 0 Å². The van der Waals surface area contributed by atoms with Crippen LogP contribution in [-0.4, -0.2) is 45.2 Å². The summed E-state index contributed by atoms with van der Waals surface area (Å²) in [5.74, 6) is -0.684. The highest BCUT2D eigenvalue weighted by atomic mass is 16.6. The number of nitrogens with zero attached hydrogens (tertiary/aromatic N) is 3. The van der Waals surface area contributed by atoms with Crippen molar-refractivity contribution in [3.8, 4) is 0 Å². The van der Waals surface area contributed by atoms with Crippen LogP contribution in [0.3, 0.4) is 0 Å². The van der Waals surface area contributed by atoms with E-state index in [1.807, 2.05) is 0 Å². The number of rotatable bonds is 3. The first-order valence-electron chi connectivity index (χ1n) is 4.63. The van der Waals surface area contributed by atoms with Crippen LogP contribution >= 0.6 is 0 Å². The molecular weight excluding hydrogens is 214 g/mol. The minimum atomic E-state index is -1.08. The van der Waals surface area contributed by atoms with Gasteiger partial charge in [0.2, 0.25) is 0 Å². The van der Waals surface area contributed by atoms with Gasteiger partial charge >= 0.3 is 12.1 Å². The van der Waals surface area contributed by atoms with E-state index in [2.05, 4.69) is 9.97 Å². The molecule has 0 bridgehead atoms. The molecule has 1 aromatic rings. The molecule has 1 saturated heterocycles. The first-order valence-corrected chi connectivity index (χ1v) is 4.63. The second kappa shape index (κ2) is 4.13. The smallest absolute Gasteiger partial charge is 0.410 e. The molecule has 1 aliphatic heterocycles. The van der Waals surface area contributed by atoms with Gasteiger partial charge in [-0.2, -0.15) is 0 Å². The summed E-state index contributed by atoms with van der Waals surface area (Å²) in [6.07, 6.45) is 2.03. The summed E-state index contributed by atoms with van der Waals surface area (Å²) in [4.78, 5) is 30.8. The number of aromatic carboxylic acids is 1. The van der Waals surface area contributed by atoms with Crippen molar-refractivity contribution in [1.29, 1.82) is 0 Å². The quantitative estimate of drug-likeness (QED) is 0.782. The van der Waals surface area contributed by atoms with Gasteiger partial charge in [-0.1, -0.05) is 0 Å². The zero-order chi connectivity index (χ0) is 11.5. The second-order valence-electron chi connectivity index (χ2n) is 3.23. The maximum atomic E-state index is 11.1. The monoisotopic (exact) mass is 223 g/mol. The van der Waals surface area contributed by atoms with Crippen LogP contribution in [0.2, 0.25) is 0 Å². The zero-order valence-corrected chi connectivity index (χ0v) is 8.29. The third-order valence-corrected chi connectivity index (χ3v) is 2.13. The van der Waals surface area contributed by atoms with Crippen molar-refractivity contribution in [3.63, 3.8) is 0 Å². The Labute approximate surface area is 90.7 Å². The summed E-state index contributed by atoms with van der Waals surface area (Å²) >= 11 is 0. The predicted octanol–water partition coefficient (Wildman–Crippen LogP) is 0.127. The van der Waals surface area contributed by atoms with Crippen LogP contribution in [0.4, 0.5) is 4.79 Å². The summed E-state index contributed by atoms with van der Waals surface area (Å²) in [5, 5.41) is 8.64. The molecule has 2 rings (SSSR count). The third kappa shape index (κ3) is 2.08. The Bertz CT molecular complexity index is 417. The number of hydrogen-bond donors (Lipinski definition) is 1. The van der Waals surface area contributed by atoms with Crippen LogP contribution in [0.1, 0.15) is 16.2 Å². The van der Waals surface area contributed by atoms with E-state index in [1.54, 1.807) is 0 Å². The second-order valence-corrected chi connectivity index (χ2v) is 3.23. The summed E-state index contributed by atoms with van der Waals surface area (Å²) in [7, 11) is 0. The Hall–Kier alpha value is -2.18. The highest BCUT2D eigenvalue weighted by Gasteiger charge is 2.22. The van der Waals surface area contributed by atoms with Gasteiger partial charge in [0.1, 0.15) is 12.4 Å². The highest BCUT2D eigenvalue weighted by Crippen LogP contribution is 2.07. The molecule has 0 atom stereocenters. The lowest BCUT2D eigenvalue weighted by Crippen LogP contribution is -2.24. The molecule has 2 heterocycles. The Morgan fingerprint density at radius 1 is 1.50 bits per heavy atom. The summed E-state index contributed by atoms with van der Waals surface area (Å²) in [6.45, 7) is 1.10. The minimum absolute atomic E-state index is 0.0211. The van der Waals surface area contributed by atoms with Gasteiger partial charge < -0.3 is 9.84 Å². The molecule has 16 heavy (non-hydrogen) atoms. The van der Waals surface area contributed by atoms with E-state index in [1.165, 1.54) is 17.3 Å². The zero-order valence-electron chi connectivity index (χ0n) is 8.29. The lowest BCUT2D eigenvalue weighted by atomic mass is 10.3. The number of carboxylic acid groups (broad SMARTS) is 1. The van der Waals surface area contributed by atoms with E-state index >= 15 is 0 Å². The molecule has 7 heteroatoms. The normalized spacial score (nSPS) is 15.0. The van der Waals surface area contributed by atoms with Crippen LogP contribution in [0, 0.1) is 0 Å². The number of hydrogen-bond acceptors (Lipinski definition) is 5. The van der Waals surface area contributed by atoms with Crippen molar-refractivity contribution in [2.75, 3.05) is 13.2 Å². The molecule has 7 nitrogen and oxygen atoms in total. The Balaban J connectivity index is 2.05. The largest absolute Gasteiger partial charge is 0.478 e. The van der Waals surface area contributed by atoms with Gasteiger partial charge in [-0.05, 0) is 0 Å². The van der Waals surface area contributed by atoms with Crippen molar-refractivity contribution >= 4 is 12.1 Å². The molecule has 0 spiro atoms. The number of aromatic nitrogens is 2. The minimum Gasteiger partial charge on any atom is -0.478 e. The third-order valence-electron chi connectivity index (χ3n) is 2.13. The summed E-state index contributed by atoms with van der Waals surface area (Å²) in [6, 6.07) is 0. The molecule has 1 N–H and O–H groups in total. The lowest BCUT2D eigenvalue weighted by molar-refractivity contribution is 0.0695. The fraction of sp³-hybridized carbons (Fsp3) is 0.333. The van der Waals surface area contributed by atoms with Gasteiger partial charge in [-0.3, -0.25) is 4.90 Å². The molecule has 1 fully saturated rings. The molecule has 84 valence electrons. The fourth-order valence-electron chi connectivity index (χ4n) is 1.29. The van der Waals surface area contributed by atoms with Gasteiger partial charge in [0.15, 0.2) is 0 Å². The average molecular weight is 223 g/mol. The van der Waals surface area contributed by atoms with Crippen LogP contribution in [-0.2, 0) is 11.3 Å². The molecule has 0 aliphatic carbocycles. The molecule has 0 saturated carbocycles. The van der Waals surface area contributed by atoms with E-state index in [4.69, 9.17) is 9.84 Å². The first kappa shape index (κ1) is 10.3. The van der Waals surface area contributed by atoms with Crippen molar-refractivity contribution in [2.24, 2.45) is 0 Å². The number of ether oxygens (including phenoxy) is 1. The molecule has 0 unspecified atom stereocenters. The molecule has 0 radical (unpaired) electrons. The predicted molar refractivity (Wildman–Crippen MR) is 50.7 cm³/mol. The Morgan fingerprint density at radius 3 is 2.69 bits per heavy atom. The Morgan fingerprint density at radius 2 is 2.19 bits per heavy atom. The first-order chi connectivity index (χ1) is 7.66. The van der Waals surface area contributed by atoms with Crippen molar-refractivity contribution in [2.45, 2.75) is 6.54 Å². The number of cyclic esters (lactones) is 1. The molecule has 1 amide bonds. The summed E-state index contributed by atoms with van der Waals surface area (Å²) < 4.78 is 4.74. The lowest BCUT2D eigenvalue weighted by Gasteiger charge is -2.10. The number of carboxylic acids is 1. The van der Waals surface area contributed by atoms with Crippen LogP contribution in [0.15, 0.2) is 12.4 Å². The van der Waals surface area contributed by atoms with Crippen molar-refractivity contribution < 1.29 is 19.4 Å². The fourth-order valence-corrected chi connectivity index (χ4v) is 1.29. The van der Waals surface area contributed by atoms with Crippen LogP contribution in [0.5, 0.6) is 0 Å². The molecule has 1 aromatic heterocycles. The van der Waals surface area contributed by atoms with Crippen molar-refractivity contribution in [1.82, 2.24) is 14.9 Å². The molecule has 1 aliphatic rings. The van der Waals surface area contributed by atoms with E-state index in [0.29, 0.717) is 19.0 Å². The number of carbonyl (C=O) groups is 2. The maximum absolute atomic E-state index is 11.1. The van der Waals surface area contributed by atoms with Gasteiger partial charge in [0.05, 0.1) is 18.7 Å². The van der Waals surface area contributed by atoms with Gasteiger partial charge in [-0.25, -0.2) is 19.6 Å². The SMILES string of the molecule is O=C(O)c1cnc(CN2CCOC2=O)nc1. The number of amides is 1. The van der Waals surface area contributed by atoms with Gasteiger partial charge in [-0.15, -0.1) is 0 Å². The standard InChI is InChI=1S/C9H9N3O4/c13-8(14)6-3-10-7(11-4-6)5-12-1-2-16-9(12)15/h3-4H,1-2,5H2,(H,13,14). The van der Waals surface area contributed by atoms with E-state index in [0.717, 1.165) is 0 Å². The van der Waals surface area contributed by atoms with Crippen LogP contribution in [0.25, 0.3) is 0 Å². The topological polar surface area (TPSA) is 92.6 Å². The van der Waals surface area contributed by atoms with E-state index in [9.17, 15) is 9.59 Å². The Kier molecular flexibility index (Phi) is 2.67. The summed E-state index contributed by atoms with van der Waals surface area (Å²) in [5.41, 5.74) is 0.0211. The van der Waals surface area contributed by atoms with Crippen molar-refractivity contribution in [3.05, 3.63) is 23.8 Å².